The van der Waals surface area contributed by atoms with E-state index in [0.717, 1.165) is 24.1 Å². The topological polar surface area (TPSA) is 87.3 Å². The van der Waals surface area contributed by atoms with E-state index in [4.69, 9.17) is 4.74 Å². The number of urea groups is 1. The number of nitrogens with one attached hydrogen (secondary N) is 2. The van der Waals surface area contributed by atoms with Gasteiger partial charge in [-0.3, -0.25) is 9.89 Å². The van der Waals surface area contributed by atoms with Crippen molar-refractivity contribution in [2.45, 2.75) is 12.8 Å². The van der Waals surface area contributed by atoms with Crippen molar-refractivity contribution in [3.63, 3.8) is 0 Å². The number of ether oxygens (including phenoxy) is 1. The molecule has 0 saturated carbocycles. The van der Waals surface area contributed by atoms with Crippen LogP contribution in [-0.4, -0.2) is 47.3 Å². The Morgan fingerprint density at radius 2 is 2.25 bits per heavy atom. The number of methoxy groups -OCH3 is 1. The van der Waals surface area contributed by atoms with Crippen molar-refractivity contribution in [1.82, 2.24) is 15.1 Å². The maximum Gasteiger partial charge on any atom is 0.321 e. The zero-order valence-electron chi connectivity index (χ0n) is 13.5. The number of piperidine rings is 1. The minimum Gasteiger partial charge on any atom is -0.469 e. The number of hydrogen-bond donors (Lipinski definition) is 2. The van der Waals surface area contributed by atoms with Crippen LogP contribution < -0.4 is 5.32 Å². The third-order valence-electron chi connectivity index (χ3n) is 4.17. The van der Waals surface area contributed by atoms with Crippen molar-refractivity contribution in [1.29, 1.82) is 0 Å². The monoisotopic (exact) mass is 328 g/mol. The summed E-state index contributed by atoms with van der Waals surface area (Å²) in [5.74, 6) is -0.500. The van der Waals surface area contributed by atoms with E-state index >= 15 is 0 Å². The average molecular weight is 328 g/mol. The van der Waals surface area contributed by atoms with Gasteiger partial charge in [-0.05, 0) is 31.0 Å². The molecule has 1 aliphatic rings. The summed E-state index contributed by atoms with van der Waals surface area (Å²) in [6, 6.07) is 9.20. The highest BCUT2D eigenvalue weighted by molar-refractivity contribution is 5.90. The lowest BCUT2D eigenvalue weighted by Crippen LogP contribution is -2.44. The first-order chi connectivity index (χ1) is 11.7. The lowest BCUT2D eigenvalue weighted by molar-refractivity contribution is -0.146. The SMILES string of the molecule is COC(=O)[C@@H]1CCCN(C(=O)Nc2cccc(-c3ccn[nH]3)c2)C1. The molecule has 24 heavy (non-hydrogen) atoms. The molecule has 1 aliphatic heterocycles. The maximum absolute atomic E-state index is 12.5. The van der Waals surface area contributed by atoms with Gasteiger partial charge in [-0.2, -0.15) is 5.10 Å². The first-order valence-corrected chi connectivity index (χ1v) is 7.91. The van der Waals surface area contributed by atoms with Crippen molar-refractivity contribution in [2.75, 3.05) is 25.5 Å². The molecule has 2 amide bonds. The Labute approximate surface area is 140 Å². The van der Waals surface area contributed by atoms with Crippen LogP contribution in [0, 0.1) is 5.92 Å². The lowest BCUT2D eigenvalue weighted by Gasteiger charge is -2.31. The standard InChI is InChI=1S/C17H20N4O3/c1-24-16(22)13-5-3-9-21(11-13)17(23)19-14-6-2-4-12(10-14)15-7-8-18-20-15/h2,4,6-8,10,13H,3,5,9,11H2,1H3,(H,18,20)(H,19,23)/t13-/m1/s1. The van der Waals surface area contributed by atoms with Crippen molar-refractivity contribution in [3.8, 4) is 11.3 Å². The number of amides is 2. The predicted molar refractivity (Wildman–Crippen MR) is 89.4 cm³/mol. The Hall–Kier alpha value is -2.83. The summed E-state index contributed by atoms with van der Waals surface area (Å²) in [5.41, 5.74) is 2.53. The summed E-state index contributed by atoms with van der Waals surface area (Å²) in [5, 5.41) is 9.72. The van der Waals surface area contributed by atoms with Gasteiger partial charge >= 0.3 is 12.0 Å². The zero-order chi connectivity index (χ0) is 16.9. The van der Waals surface area contributed by atoms with Gasteiger partial charge in [-0.15, -0.1) is 0 Å². The van der Waals surface area contributed by atoms with E-state index in [1.165, 1.54) is 7.11 Å². The molecule has 1 atom stereocenters. The number of H-pyrrole nitrogens is 1. The van der Waals surface area contributed by atoms with Crippen LogP contribution >= 0.6 is 0 Å². The fraction of sp³-hybridized carbons (Fsp3) is 0.353. The van der Waals surface area contributed by atoms with Crippen molar-refractivity contribution in [2.24, 2.45) is 5.92 Å². The van der Waals surface area contributed by atoms with Crippen LogP contribution in [0.4, 0.5) is 10.5 Å². The Morgan fingerprint density at radius 1 is 1.38 bits per heavy atom. The highest BCUT2D eigenvalue weighted by Gasteiger charge is 2.29. The second-order valence-electron chi connectivity index (χ2n) is 5.79. The molecule has 1 fully saturated rings. The molecule has 1 aromatic heterocycles. The number of anilines is 1. The molecule has 0 aliphatic carbocycles. The van der Waals surface area contributed by atoms with E-state index < -0.39 is 0 Å². The minimum atomic E-state index is -0.256. The molecule has 7 nitrogen and oxygen atoms in total. The highest BCUT2D eigenvalue weighted by Crippen LogP contribution is 2.22. The Bertz CT molecular complexity index is 714. The van der Waals surface area contributed by atoms with Gasteiger partial charge in [0.05, 0.1) is 18.7 Å². The van der Waals surface area contributed by atoms with Crippen LogP contribution in [0.1, 0.15) is 12.8 Å². The second kappa shape index (κ2) is 7.16. The fourth-order valence-electron chi connectivity index (χ4n) is 2.90. The van der Waals surface area contributed by atoms with Gasteiger partial charge in [-0.25, -0.2) is 4.79 Å². The summed E-state index contributed by atoms with van der Waals surface area (Å²) in [4.78, 5) is 25.8. The van der Waals surface area contributed by atoms with Crippen molar-refractivity contribution >= 4 is 17.7 Å². The van der Waals surface area contributed by atoms with E-state index in [9.17, 15) is 9.59 Å². The molecular weight excluding hydrogens is 308 g/mol. The Balaban J connectivity index is 1.66. The van der Waals surface area contributed by atoms with Gasteiger partial charge in [0.2, 0.25) is 0 Å². The van der Waals surface area contributed by atoms with Gasteiger partial charge in [0.25, 0.3) is 0 Å². The molecule has 3 rings (SSSR count). The molecule has 1 saturated heterocycles. The third kappa shape index (κ3) is 3.56. The van der Waals surface area contributed by atoms with E-state index in [2.05, 4.69) is 15.5 Å². The van der Waals surface area contributed by atoms with Crippen molar-refractivity contribution in [3.05, 3.63) is 36.5 Å². The summed E-state index contributed by atoms with van der Waals surface area (Å²) in [6.45, 7) is 1.03. The number of carbonyl (C=O) groups excluding carboxylic acids is 2. The van der Waals surface area contributed by atoms with Crippen LogP contribution in [0.15, 0.2) is 36.5 Å². The largest absolute Gasteiger partial charge is 0.469 e. The van der Waals surface area contributed by atoms with Crippen LogP contribution in [0.25, 0.3) is 11.3 Å². The molecule has 0 unspecified atom stereocenters. The van der Waals surface area contributed by atoms with Crippen LogP contribution in [0.5, 0.6) is 0 Å². The summed E-state index contributed by atoms with van der Waals surface area (Å²) in [7, 11) is 1.38. The number of esters is 1. The first kappa shape index (κ1) is 16.0. The quantitative estimate of drug-likeness (QED) is 0.848. The predicted octanol–water partition coefficient (Wildman–Crippen LogP) is 2.49. The fourth-order valence-corrected chi connectivity index (χ4v) is 2.90. The molecule has 0 bridgehead atoms. The first-order valence-electron chi connectivity index (χ1n) is 7.91. The molecule has 126 valence electrons. The Morgan fingerprint density at radius 3 is 3.00 bits per heavy atom. The number of benzene rings is 1. The number of rotatable bonds is 3. The summed E-state index contributed by atoms with van der Waals surface area (Å²) < 4.78 is 4.79. The lowest BCUT2D eigenvalue weighted by atomic mass is 9.98. The number of likely N-dealkylation sites (tertiary alicyclic amines) is 1. The van der Waals surface area contributed by atoms with Gasteiger partial charge in [0.1, 0.15) is 0 Å². The Kier molecular flexibility index (Phi) is 4.79. The zero-order valence-corrected chi connectivity index (χ0v) is 13.5. The smallest absolute Gasteiger partial charge is 0.321 e. The summed E-state index contributed by atoms with van der Waals surface area (Å²) >= 11 is 0. The molecule has 7 heteroatoms. The van der Waals surface area contributed by atoms with Gasteiger partial charge in [0, 0.05) is 30.5 Å². The normalized spacial score (nSPS) is 17.4. The van der Waals surface area contributed by atoms with E-state index in [0.29, 0.717) is 18.8 Å². The molecular formula is C17H20N4O3. The molecule has 1 aromatic carbocycles. The van der Waals surface area contributed by atoms with E-state index in [1.54, 1.807) is 11.1 Å². The highest BCUT2D eigenvalue weighted by atomic mass is 16.5. The second-order valence-corrected chi connectivity index (χ2v) is 5.79. The van der Waals surface area contributed by atoms with E-state index in [1.807, 2.05) is 30.3 Å². The number of aromatic nitrogens is 2. The van der Waals surface area contributed by atoms with Crippen LogP contribution in [0.3, 0.4) is 0 Å². The molecule has 2 N–H and O–H groups in total. The minimum absolute atomic E-state index is 0.203. The van der Waals surface area contributed by atoms with E-state index in [-0.39, 0.29) is 17.9 Å². The number of nitrogens with zero attached hydrogens (tertiary/aromatic N) is 2. The molecule has 2 heterocycles. The van der Waals surface area contributed by atoms with Crippen molar-refractivity contribution < 1.29 is 14.3 Å². The number of hydrogen-bond acceptors (Lipinski definition) is 4. The molecule has 2 aromatic rings. The van der Waals surface area contributed by atoms with Gasteiger partial charge in [-0.1, -0.05) is 12.1 Å². The number of aromatic amines is 1. The molecule has 0 spiro atoms. The van der Waals surface area contributed by atoms with Gasteiger partial charge < -0.3 is 15.0 Å². The van der Waals surface area contributed by atoms with Crippen LogP contribution in [0.2, 0.25) is 0 Å². The number of carbonyl (C=O) groups is 2. The summed E-state index contributed by atoms with van der Waals surface area (Å²) in [6.07, 6.45) is 3.23. The maximum atomic E-state index is 12.5. The third-order valence-corrected chi connectivity index (χ3v) is 4.17. The van der Waals surface area contributed by atoms with Gasteiger partial charge in [0.15, 0.2) is 0 Å². The molecule has 0 radical (unpaired) electrons. The average Bonchev–Trinajstić information content (AvgIpc) is 3.16. The van der Waals surface area contributed by atoms with Crippen LogP contribution in [-0.2, 0) is 9.53 Å².